The van der Waals surface area contributed by atoms with Crippen molar-refractivity contribution in [2.24, 2.45) is 0 Å². The van der Waals surface area contributed by atoms with Crippen LogP contribution in [0.1, 0.15) is 26.2 Å². The van der Waals surface area contributed by atoms with Crippen LogP contribution in [0.15, 0.2) is 0 Å². The van der Waals surface area contributed by atoms with Crippen LogP contribution in [0.4, 0.5) is 0 Å². The van der Waals surface area contributed by atoms with Gasteiger partial charge in [0.15, 0.2) is 5.79 Å². The number of rotatable bonds is 0. The Hall–Kier alpha value is -0.120. The van der Waals surface area contributed by atoms with Gasteiger partial charge in [0.25, 0.3) is 0 Å². The van der Waals surface area contributed by atoms with E-state index in [-0.39, 0.29) is 11.4 Å². The molecule has 68 valence electrons. The first-order valence-electron chi connectivity index (χ1n) is 4.68. The van der Waals surface area contributed by atoms with E-state index in [0.29, 0.717) is 6.10 Å². The normalized spacial score (nSPS) is 57.2. The van der Waals surface area contributed by atoms with Crippen LogP contribution >= 0.6 is 0 Å². The van der Waals surface area contributed by atoms with Gasteiger partial charge in [0.2, 0.25) is 0 Å². The quantitative estimate of drug-likeness (QED) is 0.544. The molecule has 3 heteroatoms. The van der Waals surface area contributed by atoms with E-state index in [4.69, 9.17) is 14.2 Å². The van der Waals surface area contributed by atoms with Crippen molar-refractivity contribution in [3.05, 3.63) is 0 Å². The van der Waals surface area contributed by atoms with Crippen LogP contribution in [0.3, 0.4) is 0 Å². The summed E-state index contributed by atoms with van der Waals surface area (Å²) in [4.78, 5) is 0. The number of fused-ring (bicyclic) bond motifs is 1. The molecule has 3 nitrogen and oxygen atoms in total. The van der Waals surface area contributed by atoms with Gasteiger partial charge in [-0.2, -0.15) is 0 Å². The smallest absolute Gasteiger partial charge is 0.168 e. The molecular weight excluding hydrogens is 156 g/mol. The fourth-order valence-electron chi connectivity index (χ4n) is 2.72. The lowest BCUT2D eigenvalue weighted by atomic mass is 9.93. The molecular formula is C9H14O3. The van der Waals surface area contributed by atoms with Crippen molar-refractivity contribution in [1.82, 2.24) is 0 Å². The van der Waals surface area contributed by atoms with Gasteiger partial charge in [0.05, 0.1) is 12.7 Å². The summed E-state index contributed by atoms with van der Waals surface area (Å²) in [6.45, 7) is 3.71. The average Bonchev–Trinajstić information content (AvgIpc) is 2.39. The summed E-state index contributed by atoms with van der Waals surface area (Å²) < 4.78 is 17.2. The molecule has 3 unspecified atom stereocenters. The predicted molar refractivity (Wildman–Crippen MR) is 41.8 cm³/mol. The topological polar surface area (TPSA) is 27.7 Å². The summed E-state index contributed by atoms with van der Waals surface area (Å²) >= 11 is 0. The number of hydrogen-bond acceptors (Lipinski definition) is 3. The molecule has 0 N–H and O–H groups in total. The highest BCUT2D eigenvalue weighted by Crippen LogP contribution is 2.50. The standard InChI is InChI=1S/C9H14O3/c1-8-6-7-9(12-8,2-4-10-7)3-5-11-8/h7H,2-6H2,1H3. The molecule has 0 aromatic heterocycles. The molecule has 0 aromatic carbocycles. The predicted octanol–water partition coefficient (Wildman–Crippen LogP) is 1.07. The Kier molecular flexibility index (Phi) is 1.23. The Labute approximate surface area is 72.0 Å². The van der Waals surface area contributed by atoms with Crippen molar-refractivity contribution in [3.8, 4) is 0 Å². The van der Waals surface area contributed by atoms with Crippen molar-refractivity contribution >= 4 is 0 Å². The summed E-state index contributed by atoms with van der Waals surface area (Å²) in [5.41, 5.74) is 0.0208. The molecule has 3 aliphatic rings. The zero-order chi connectivity index (χ0) is 8.23. The summed E-state index contributed by atoms with van der Waals surface area (Å²) in [5.74, 6) is -0.344. The van der Waals surface area contributed by atoms with Gasteiger partial charge in [-0.05, 0) is 6.92 Å². The van der Waals surface area contributed by atoms with Crippen LogP contribution in [0.25, 0.3) is 0 Å². The highest BCUT2D eigenvalue weighted by molar-refractivity contribution is 5.04. The molecule has 0 saturated carbocycles. The van der Waals surface area contributed by atoms with Crippen molar-refractivity contribution in [2.75, 3.05) is 13.2 Å². The zero-order valence-corrected chi connectivity index (χ0v) is 7.34. The first-order valence-corrected chi connectivity index (χ1v) is 4.68. The Morgan fingerprint density at radius 2 is 2.08 bits per heavy atom. The van der Waals surface area contributed by atoms with Gasteiger partial charge in [-0.25, -0.2) is 0 Å². The van der Waals surface area contributed by atoms with E-state index in [1.165, 1.54) is 0 Å². The Balaban J connectivity index is 1.97. The summed E-state index contributed by atoms with van der Waals surface area (Å²) in [6.07, 6.45) is 3.27. The molecule has 0 aromatic rings. The first kappa shape index (κ1) is 7.30. The number of ether oxygens (including phenoxy) is 3. The van der Waals surface area contributed by atoms with E-state index < -0.39 is 0 Å². The van der Waals surface area contributed by atoms with E-state index in [9.17, 15) is 0 Å². The summed E-state index contributed by atoms with van der Waals surface area (Å²) in [6, 6.07) is 0. The third-order valence-corrected chi connectivity index (χ3v) is 3.34. The fourth-order valence-corrected chi connectivity index (χ4v) is 2.72. The van der Waals surface area contributed by atoms with E-state index in [1.807, 2.05) is 6.92 Å². The molecule has 2 bridgehead atoms. The summed E-state index contributed by atoms with van der Waals surface area (Å²) in [7, 11) is 0. The van der Waals surface area contributed by atoms with Crippen LogP contribution in [0.5, 0.6) is 0 Å². The molecule has 3 aliphatic heterocycles. The SMILES string of the molecule is CC12CC3OCCC3(CCO1)O2. The minimum absolute atomic E-state index is 0.0208. The van der Waals surface area contributed by atoms with E-state index >= 15 is 0 Å². The molecule has 0 radical (unpaired) electrons. The van der Waals surface area contributed by atoms with Gasteiger partial charge < -0.3 is 14.2 Å². The molecule has 0 amide bonds. The molecule has 1 spiro atoms. The second-order valence-corrected chi connectivity index (χ2v) is 4.21. The lowest BCUT2D eigenvalue weighted by molar-refractivity contribution is -0.279. The minimum atomic E-state index is -0.344. The average molecular weight is 170 g/mol. The van der Waals surface area contributed by atoms with E-state index in [1.54, 1.807) is 0 Å². The largest absolute Gasteiger partial charge is 0.375 e. The van der Waals surface area contributed by atoms with Crippen molar-refractivity contribution in [3.63, 3.8) is 0 Å². The van der Waals surface area contributed by atoms with E-state index in [0.717, 1.165) is 32.5 Å². The third-order valence-electron chi connectivity index (χ3n) is 3.34. The maximum Gasteiger partial charge on any atom is 0.168 e. The lowest BCUT2D eigenvalue weighted by Gasteiger charge is -2.36. The summed E-state index contributed by atoms with van der Waals surface area (Å²) in [5, 5.41) is 0. The van der Waals surface area contributed by atoms with Crippen molar-refractivity contribution < 1.29 is 14.2 Å². The zero-order valence-electron chi connectivity index (χ0n) is 7.34. The molecule has 0 aliphatic carbocycles. The van der Waals surface area contributed by atoms with Gasteiger partial charge in [-0.1, -0.05) is 0 Å². The monoisotopic (exact) mass is 170 g/mol. The van der Waals surface area contributed by atoms with Gasteiger partial charge in [0.1, 0.15) is 5.60 Å². The molecule has 3 saturated heterocycles. The molecule has 3 rings (SSSR count). The number of hydrogen-bond donors (Lipinski definition) is 0. The van der Waals surface area contributed by atoms with Gasteiger partial charge in [-0.3, -0.25) is 0 Å². The maximum absolute atomic E-state index is 5.95. The van der Waals surface area contributed by atoms with Crippen molar-refractivity contribution in [1.29, 1.82) is 0 Å². The Bertz CT molecular complexity index is 218. The molecule has 12 heavy (non-hydrogen) atoms. The minimum Gasteiger partial charge on any atom is -0.375 e. The van der Waals surface area contributed by atoms with Crippen molar-refractivity contribution in [2.45, 2.75) is 43.7 Å². The fraction of sp³-hybridized carbons (Fsp3) is 1.00. The highest BCUT2D eigenvalue weighted by atomic mass is 16.7. The van der Waals surface area contributed by atoms with Crippen LogP contribution in [-0.2, 0) is 14.2 Å². The Morgan fingerprint density at radius 1 is 1.25 bits per heavy atom. The highest BCUT2D eigenvalue weighted by Gasteiger charge is 2.60. The maximum atomic E-state index is 5.95. The molecule has 3 heterocycles. The van der Waals surface area contributed by atoms with Crippen LogP contribution in [0.2, 0.25) is 0 Å². The van der Waals surface area contributed by atoms with Gasteiger partial charge in [0, 0.05) is 25.9 Å². The van der Waals surface area contributed by atoms with Crippen LogP contribution in [-0.4, -0.2) is 30.7 Å². The van der Waals surface area contributed by atoms with E-state index in [2.05, 4.69) is 0 Å². The van der Waals surface area contributed by atoms with Gasteiger partial charge >= 0.3 is 0 Å². The second kappa shape index (κ2) is 2.03. The Morgan fingerprint density at radius 3 is 3.00 bits per heavy atom. The van der Waals surface area contributed by atoms with Crippen LogP contribution in [0, 0.1) is 0 Å². The third kappa shape index (κ3) is 0.767. The van der Waals surface area contributed by atoms with Crippen LogP contribution < -0.4 is 0 Å². The first-order chi connectivity index (χ1) is 5.73. The molecule has 3 fully saturated rings. The van der Waals surface area contributed by atoms with Gasteiger partial charge in [-0.15, -0.1) is 0 Å². The second-order valence-electron chi connectivity index (χ2n) is 4.21. The molecule has 3 atom stereocenters. The lowest BCUT2D eigenvalue weighted by Crippen LogP contribution is -2.43.